The molecular weight excluding hydrogens is 366 g/mol. The van der Waals surface area contributed by atoms with Crippen molar-refractivity contribution in [1.29, 1.82) is 0 Å². The number of hydrogen-bond donors (Lipinski definition) is 1. The molecule has 19 heavy (non-hydrogen) atoms. The fraction of sp³-hybridized carbons (Fsp3) is 0.250. The molecule has 0 heterocycles. The van der Waals surface area contributed by atoms with Crippen LogP contribution in [-0.4, -0.2) is 0 Å². The number of benzene rings is 2. The molecule has 2 aromatic carbocycles. The van der Waals surface area contributed by atoms with Gasteiger partial charge in [-0.3, -0.25) is 0 Å². The summed E-state index contributed by atoms with van der Waals surface area (Å²) in [4.78, 5) is 0. The van der Waals surface area contributed by atoms with Gasteiger partial charge in [0.05, 0.1) is 0 Å². The van der Waals surface area contributed by atoms with Crippen LogP contribution < -0.4 is 5.73 Å². The van der Waals surface area contributed by atoms with E-state index in [1.54, 1.807) is 0 Å². The monoisotopic (exact) mass is 381 g/mol. The second-order valence-electron chi connectivity index (χ2n) is 4.93. The van der Waals surface area contributed by atoms with Crippen LogP contribution in [0.4, 0.5) is 0 Å². The maximum Gasteiger partial charge on any atom is 0.0336 e. The van der Waals surface area contributed by atoms with E-state index in [1.165, 1.54) is 16.7 Å². The lowest BCUT2D eigenvalue weighted by Gasteiger charge is -2.14. The number of rotatable bonds is 3. The van der Waals surface area contributed by atoms with E-state index in [0.29, 0.717) is 0 Å². The molecule has 1 nitrogen and oxygen atoms in total. The molecule has 2 rings (SSSR count). The van der Waals surface area contributed by atoms with Gasteiger partial charge in [-0.25, -0.2) is 0 Å². The highest BCUT2D eigenvalue weighted by molar-refractivity contribution is 9.11. The average Bonchev–Trinajstić information content (AvgIpc) is 2.32. The van der Waals surface area contributed by atoms with Crippen LogP contribution in [0.5, 0.6) is 0 Å². The van der Waals surface area contributed by atoms with Crippen LogP contribution in [0, 0.1) is 13.8 Å². The van der Waals surface area contributed by atoms with E-state index in [9.17, 15) is 0 Å². The van der Waals surface area contributed by atoms with E-state index in [4.69, 9.17) is 5.73 Å². The number of aryl methyl sites for hydroxylation is 2. The second kappa shape index (κ2) is 6.21. The van der Waals surface area contributed by atoms with Gasteiger partial charge in [0.15, 0.2) is 0 Å². The van der Waals surface area contributed by atoms with Gasteiger partial charge in [0.25, 0.3) is 0 Å². The zero-order chi connectivity index (χ0) is 14.0. The van der Waals surface area contributed by atoms with E-state index in [1.807, 2.05) is 6.07 Å². The lowest BCUT2D eigenvalue weighted by Crippen LogP contribution is -2.13. The fourth-order valence-corrected chi connectivity index (χ4v) is 3.42. The van der Waals surface area contributed by atoms with Crippen molar-refractivity contribution in [2.75, 3.05) is 0 Å². The molecule has 0 aliphatic rings. The molecular formula is C16H17Br2N. The van der Waals surface area contributed by atoms with Crippen LogP contribution in [0.25, 0.3) is 0 Å². The quantitative estimate of drug-likeness (QED) is 0.787. The van der Waals surface area contributed by atoms with Crippen LogP contribution in [0.2, 0.25) is 0 Å². The Balaban J connectivity index is 2.20. The van der Waals surface area contributed by atoms with Crippen molar-refractivity contribution in [3.63, 3.8) is 0 Å². The lowest BCUT2D eigenvalue weighted by molar-refractivity contribution is 0.720. The van der Waals surface area contributed by atoms with Gasteiger partial charge in [-0.1, -0.05) is 50.1 Å². The molecule has 2 N–H and O–H groups in total. The average molecular weight is 383 g/mol. The molecule has 100 valence electrons. The van der Waals surface area contributed by atoms with E-state index in [-0.39, 0.29) is 6.04 Å². The molecule has 1 atom stereocenters. The fourth-order valence-electron chi connectivity index (χ4n) is 2.09. The van der Waals surface area contributed by atoms with Crippen molar-refractivity contribution >= 4 is 31.9 Å². The third kappa shape index (κ3) is 3.91. The molecule has 0 aliphatic carbocycles. The molecule has 0 spiro atoms. The van der Waals surface area contributed by atoms with Crippen molar-refractivity contribution in [3.05, 3.63) is 67.6 Å². The SMILES string of the molecule is Cc1ccc(CC(N)c2cc(Br)cc(Br)c2)cc1C. The van der Waals surface area contributed by atoms with Crippen molar-refractivity contribution < 1.29 is 0 Å². The van der Waals surface area contributed by atoms with E-state index < -0.39 is 0 Å². The summed E-state index contributed by atoms with van der Waals surface area (Å²) in [5, 5.41) is 0. The van der Waals surface area contributed by atoms with E-state index in [2.05, 4.69) is 76.0 Å². The first kappa shape index (κ1) is 14.8. The first-order valence-electron chi connectivity index (χ1n) is 6.23. The first-order valence-corrected chi connectivity index (χ1v) is 7.82. The minimum Gasteiger partial charge on any atom is -0.324 e. The minimum absolute atomic E-state index is 0.0101. The Morgan fingerprint density at radius 3 is 2.16 bits per heavy atom. The van der Waals surface area contributed by atoms with Gasteiger partial charge in [-0.2, -0.15) is 0 Å². The molecule has 0 bridgehead atoms. The summed E-state index contributed by atoms with van der Waals surface area (Å²) < 4.78 is 2.10. The molecule has 0 saturated heterocycles. The van der Waals surface area contributed by atoms with Crippen LogP contribution in [0.1, 0.15) is 28.3 Å². The number of hydrogen-bond acceptors (Lipinski definition) is 1. The molecule has 0 radical (unpaired) electrons. The third-order valence-corrected chi connectivity index (χ3v) is 4.26. The predicted octanol–water partition coefficient (Wildman–Crippen LogP) is 5.07. The summed E-state index contributed by atoms with van der Waals surface area (Å²) in [6.45, 7) is 4.27. The topological polar surface area (TPSA) is 26.0 Å². The second-order valence-corrected chi connectivity index (χ2v) is 6.76. The maximum atomic E-state index is 6.31. The third-order valence-electron chi connectivity index (χ3n) is 3.34. The number of halogens is 2. The number of nitrogens with two attached hydrogens (primary N) is 1. The van der Waals surface area contributed by atoms with Crippen molar-refractivity contribution in [1.82, 2.24) is 0 Å². The van der Waals surface area contributed by atoms with Crippen molar-refractivity contribution in [2.45, 2.75) is 26.3 Å². The van der Waals surface area contributed by atoms with Crippen LogP contribution in [0.15, 0.2) is 45.3 Å². The summed E-state index contributed by atoms with van der Waals surface area (Å²) in [6.07, 6.45) is 0.851. The zero-order valence-corrected chi connectivity index (χ0v) is 14.3. The van der Waals surface area contributed by atoms with Crippen molar-refractivity contribution in [2.24, 2.45) is 5.73 Å². The lowest BCUT2D eigenvalue weighted by atomic mass is 9.97. The van der Waals surface area contributed by atoms with Crippen LogP contribution >= 0.6 is 31.9 Å². The highest BCUT2D eigenvalue weighted by Gasteiger charge is 2.09. The molecule has 0 saturated carbocycles. The molecule has 3 heteroatoms. The van der Waals surface area contributed by atoms with Gasteiger partial charge in [0.2, 0.25) is 0 Å². The Morgan fingerprint density at radius 2 is 1.58 bits per heavy atom. The Morgan fingerprint density at radius 1 is 0.947 bits per heavy atom. The summed E-state index contributed by atoms with van der Waals surface area (Å²) in [7, 11) is 0. The van der Waals surface area contributed by atoms with Gasteiger partial charge in [-0.15, -0.1) is 0 Å². The highest BCUT2D eigenvalue weighted by Crippen LogP contribution is 2.25. The normalized spacial score (nSPS) is 12.5. The van der Waals surface area contributed by atoms with Crippen LogP contribution in [0.3, 0.4) is 0 Å². The minimum atomic E-state index is 0.0101. The summed E-state index contributed by atoms with van der Waals surface area (Å²) >= 11 is 7.00. The molecule has 0 aliphatic heterocycles. The first-order chi connectivity index (χ1) is 8.95. The maximum absolute atomic E-state index is 6.31. The van der Waals surface area contributed by atoms with Gasteiger partial charge in [-0.05, 0) is 60.7 Å². The Labute approximate surface area is 131 Å². The zero-order valence-electron chi connectivity index (χ0n) is 11.1. The van der Waals surface area contributed by atoms with Crippen LogP contribution in [-0.2, 0) is 6.42 Å². The predicted molar refractivity (Wildman–Crippen MR) is 88.4 cm³/mol. The molecule has 0 amide bonds. The Kier molecular flexibility index (Phi) is 4.82. The molecule has 1 unspecified atom stereocenters. The van der Waals surface area contributed by atoms with Gasteiger partial charge in [0.1, 0.15) is 0 Å². The summed E-state index contributed by atoms with van der Waals surface area (Å²) in [5.74, 6) is 0. The van der Waals surface area contributed by atoms with Gasteiger partial charge in [0, 0.05) is 15.0 Å². The van der Waals surface area contributed by atoms with Gasteiger partial charge < -0.3 is 5.73 Å². The largest absolute Gasteiger partial charge is 0.324 e. The standard InChI is InChI=1S/C16H17Br2N/c1-10-3-4-12(5-11(10)2)6-16(19)13-7-14(17)9-15(18)8-13/h3-5,7-9,16H,6,19H2,1-2H3. The van der Waals surface area contributed by atoms with Crippen molar-refractivity contribution in [3.8, 4) is 0 Å². The smallest absolute Gasteiger partial charge is 0.0336 e. The summed E-state index contributed by atoms with van der Waals surface area (Å²) in [5.41, 5.74) is 11.4. The molecule has 0 aromatic heterocycles. The Hall–Kier alpha value is -0.640. The Bertz CT molecular complexity index is 573. The highest BCUT2D eigenvalue weighted by atomic mass is 79.9. The van der Waals surface area contributed by atoms with E-state index in [0.717, 1.165) is 20.9 Å². The molecule has 2 aromatic rings. The molecule has 0 fully saturated rings. The van der Waals surface area contributed by atoms with E-state index >= 15 is 0 Å². The summed E-state index contributed by atoms with van der Waals surface area (Å²) in [6, 6.07) is 12.7. The van der Waals surface area contributed by atoms with Gasteiger partial charge >= 0.3 is 0 Å².